The fourth-order valence-corrected chi connectivity index (χ4v) is 2.53. The van der Waals surface area contributed by atoms with E-state index < -0.39 is 0 Å². The number of hydrogen-bond donors (Lipinski definition) is 2. The molecule has 0 aliphatic heterocycles. The zero-order chi connectivity index (χ0) is 13.5. The van der Waals surface area contributed by atoms with E-state index in [1.807, 2.05) is 0 Å². The molecule has 1 amide bonds. The fraction of sp³-hybridized carbons (Fsp3) is 0.933. The molecule has 106 valence electrons. The fourth-order valence-electron chi connectivity index (χ4n) is 2.53. The Balaban J connectivity index is 2.11. The van der Waals surface area contributed by atoms with Crippen molar-refractivity contribution in [3.05, 3.63) is 0 Å². The van der Waals surface area contributed by atoms with Crippen LogP contribution in [-0.4, -0.2) is 25.0 Å². The summed E-state index contributed by atoms with van der Waals surface area (Å²) in [5, 5.41) is 6.37. The molecule has 0 heterocycles. The van der Waals surface area contributed by atoms with E-state index in [1.54, 1.807) is 0 Å². The van der Waals surface area contributed by atoms with Crippen LogP contribution in [-0.2, 0) is 4.79 Å². The zero-order valence-corrected chi connectivity index (χ0v) is 12.5. The Morgan fingerprint density at radius 2 is 1.94 bits per heavy atom. The molecule has 0 bridgehead atoms. The lowest BCUT2D eigenvalue weighted by atomic mass is 9.79. The molecule has 0 saturated heterocycles. The van der Waals surface area contributed by atoms with Crippen LogP contribution in [0.2, 0.25) is 0 Å². The van der Waals surface area contributed by atoms with Crippen LogP contribution in [0.3, 0.4) is 0 Å². The first-order valence-corrected chi connectivity index (χ1v) is 7.49. The Morgan fingerprint density at radius 1 is 1.22 bits per heavy atom. The minimum atomic E-state index is 0.141. The van der Waals surface area contributed by atoms with Gasteiger partial charge in [-0.15, -0.1) is 0 Å². The van der Waals surface area contributed by atoms with Crippen molar-refractivity contribution in [2.45, 2.75) is 59.4 Å². The van der Waals surface area contributed by atoms with Gasteiger partial charge in [-0.3, -0.25) is 4.79 Å². The van der Waals surface area contributed by atoms with Crippen LogP contribution in [0.25, 0.3) is 0 Å². The molecule has 0 aromatic carbocycles. The molecule has 0 aromatic rings. The molecule has 3 heteroatoms. The first-order chi connectivity index (χ1) is 8.49. The number of hydrogen-bond acceptors (Lipinski definition) is 2. The van der Waals surface area contributed by atoms with Crippen molar-refractivity contribution >= 4 is 5.91 Å². The van der Waals surface area contributed by atoms with Gasteiger partial charge in [0.05, 0.1) is 6.54 Å². The average molecular weight is 254 g/mol. The quantitative estimate of drug-likeness (QED) is 0.765. The third kappa shape index (κ3) is 5.85. The second kappa shape index (κ2) is 7.78. The molecule has 1 rings (SSSR count). The molecular weight excluding hydrogens is 224 g/mol. The summed E-state index contributed by atoms with van der Waals surface area (Å²) in [4.78, 5) is 11.6. The Kier molecular flexibility index (Phi) is 6.69. The molecule has 0 aromatic heterocycles. The Bertz CT molecular complexity index is 253. The van der Waals surface area contributed by atoms with Gasteiger partial charge in [0.15, 0.2) is 0 Å². The van der Waals surface area contributed by atoms with Crippen LogP contribution in [0.1, 0.15) is 53.4 Å². The maximum Gasteiger partial charge on any atom is 0.233 e. The molecule has 1 fully saturated rings. The third-order valence-electron chi connectivity index (χ3n) is 4.19. The van der Waals surface area contributed by atoms with Crippen molar-refractivity contribution in [2.24, 2.45) is 17.8 Å². The minimum absolute atomic E-state index is 0.141. The zero-order valence-electron chi connectivity index (χ0n) is 12.5. The van der Waals surface area contributed by atoms with E-state index >= 15 is 0 Å². The Hall–Kier alpha value is -0.570. The Morgan fingerprint density at radius 3 is 2.56 bits per heavy atom. The van der Waals surface area contributed by atoms with Gasteiger partial charge in [-0.2, -0.15) is 0 Å². The van der Waals surface area contributed by atoms with Crippen molar-refractivity contribution in [3.63, 3.8) is 0 Å². The highest BCUT2D eigenvalue weighted by Gasteiger charge is 2.24. The number of rotatable bonds is 6. The lowest BCUT2D eigenvalue weighted by Gasteiger charge is -2.32. The number of carbonyl (C=O) groups excluding carboxylic acids is 1. The van der Waals surface area contributed by atoms with E-state index in [2.05, 4.69) is 38.3 Å². The molecule has 0 spiro atoms. The van der Waals surface area contributed by atoms with Gasteiger partial charge in [0.2, 0.25) is 5.91 Å². The number of amides is 1. The van der Waals surface area contributed by atoms with E-state index in [9.17, 15) is 4.79 Å². The first-order valence-electron chi connectivity index (χ1n) is 7.49. The Labute approximate surface area is 112 Å². The molecule has 1 saturated carbocycles. The predicted molar refractivity (Wildman–Crippen MR) is 76.4 cm³/mol. The number of nitrogens with one attached hydrogen (secondary N) is 2. The summed E-state index contributed by atoms with van der Waals surface area (Å²) < 4.78 is 0. The molecule has 18 heavy (non-hydrogen) atoms. The van der Waals surface area contributed by atoms with Crippen molar-refractivity contribution in [1.29, 1.82) is 0 Å². The largest absolute Gasteiger partial charge is 0.355 e. The number of carbonyl (C=O) groups is 1. The van der Waals surface area contributed by atoms with E-state index in [1.165, 1.54) is 19.3 Å². The summed E-state index contributed by atoms with van der Waals surface area (Å²) in [6.45, 7) is 10.3. The minimum Gasteiger partial charge on any atom is -0.355 e. The van der Waals surface area contributed by atoms with Gasteiger partial charge in [0.1, 0.15) is 0 Å². The van der Waals surface area contributed by atoms with Crippen molar-refractivity contribution in [2.75, 3.05) is 13.1 Å². The highest BCUT2D eigenvalue weighted by Crippen LogP contribution is 2.29. The van der Waals surface area contributed by atoms with Crippen molar-refractivity contribution in [1.82, 2.24) is 10.6 Å². The van der Waals surface area contributed by atoms with Crippen LogP contribution < -0.4 is 10.6 Å². The molecule has 3 nitrogen and oxygen atoms in total. The van der Waals surface area contributed by atoms with Crippen LogP contribution in [0.15, 0.2) is 0 Å². The summed E-state index contributed by atoms with van der Waals surface area (Å²) in [5.41, 5.74) is 0. The van der Waals surface area contributed by atoms with Gasteiger partial charge in [0.25, 0.3) is 0 Å². The molecule has 1 aliphatic carbocycles. The molecule has 3 atom stereocenters. The third-order valence-corrected chi connectivity index (χ3v) is 4.19. The molecular formula is C15H30N2O. The first kappa shape index (κ1) is 15.5. The van der Waals surface area contributed by atoms with Crippen LogP contribution in [0.5, 0.6) is 0 Å². The normalized spacial score (nSPS) is 28.4. The van der Waals surface area contributed by atoms with E-state index in [0.717, 1.165) is 24.8 Å². The molecule has 3 unspecified atom stereocenters. The summed E-state index contributed by atoms with van der Waals surface area (Å²) in [5.74, 6) is 2.41. The molecule has 0 radical (unpaired) electrons. The summed E-state index contributed by atoms with van der Waals surface area (Å²) >= 11 is 0. The van der Waals surface area contributed by atoms with Gasteiger partial charge in [-0.05, 0) is 43.4 Å². The van der Waals surface area contributed by atoms with E-state index in [4.69, 9.17) is 0 Å². The maximum absolute atomic E-state index is 11.6. The van der Waals surface area contributed by atoms with Gasteiger partial charge in [0, 0.05) is 12.6 Å². The topological polar surface area (TPSA) is 41.1 Å². The van der Waals surface area contributed by atoms with Crippen molar-refractivity contribution < 1.29 is 4.79 Å². The average Bonchev–Trinajstić information content (AvgIpc) is 2.30. The van der Waals surface area contributed by atoms with E-state index in [0.29, 0.717) is 18.5 Å². The van der Waals surface area contributed by atoms with Gasteiger partial charge >= 0.3 is 0 Å². The van der Waals surface area contributed by atoms with Crippen LogP contribution >= 0.6 is 0 Å². The monoisotopic (exact) mass is 254 g/mol. The summed E-state index contributed by atoms with van der Waals surface area (Å²) in [6.07, 6.45) is 4.77. The molecule has 1 aliphatic rings. The predicted octanol–water partition coefficient (Wildman–Crippen LogP) is 2.56. The van der Waals surface area contributed by atoms with Crippen LogP contribution in [0, 0.1) is 17.8 Å². The smallest absolute Gasteiger partial charge is 0.233 e. The molecule has 2 N–H and O–H groups in total. The van der Waals surface area contributed by atoms with E-state index in [-0.39, 0.29) is 5.91 Å². The van der Waals surface area contributed by atoms with Crippen LogP contribution in [0.4, 0.5) is 0 Å². The maximum atomic E-state index is 11.6. The van der Waals surface area contributed by atoms with Gasteiger partial charge in [-0.1, -0.05) is 27.7 Å². The lowest BCUT2D eigenvalue weighted by molar-refractivity contribution is -0.120. The standard InChI is InChI=1S/C15H30N2O/c1-11(2)7-8-16-15(18)10-17-14-6-5-12(3)13(4)9-14/h11-14,17H,5-10H2,1-4H3,(H,16,18). The summed E-state index contributed by atoms with van der Waals surface area (Å²) in [6, 6.07) is 0.534. The van der Waals surface area contributed by atoms with Crippen molar-refractivity contribution in [3.8, 4) is 0 Å². The second-order valence-corrected chi connectivity index (χ2v) is 6.38. The van der Waals surface area contributed by atoms with Gasteiger partial charge < -0.3 is 10.6 Å². The second-order valence-electron chi connectivity index (χ2n) is 6.38. The van der Waals surface area contributed by atoms with Gasteiger partial charge in [-0.25, -0.2) is 0 Å². The highest BCUT2D eigenvalue weighted by atomic mass is 16.1. The highest BCUT2D eigenvalue weighted by molar-refractivity contribution is 5.77. The SMILES string of the molecule is CC(C)CCNC(=O)CNC1CCC(C)C(C)C1. The lowest BCUT2D eigenvalue weighted by Crippen LogP contribution is -2.42. The summed E-state index contributed by atoms with van der Waals surface area (Å²) in [7, 11) is 0.